The number of rotatable bonds is 3. The predicted octanol–water partition coefficient (Wildman–Crippen LogP) is 2.26. The van der Waals surface area contributed by atoms with E-state index in [1.165, 1.54) is 4.90 Å². The fourth-order valence-corrected chi connectivity index (χ4v) is 1.72. The van der Waals surface area contributed by atoms with Gasteiger partial charge >= 0.3 is 0 Å². The zero-order valence-corrected chi connectivity index (χ0v) is 10.8. The third-order valence-corrected chi connectivity index (χ3v) is 2.73. The third kappa shape index (κ3) is 2.85. The van der Waals surface area contributed by atoms with Gasteiger partial charge in [0.2, 0.25) is 0 Å². The quantitative estimate of drug-likeness (QED) is 0.789. The van der Waals surface area contributed by atoms with Crippen molar-refractivity contribution in [3.8, 4) is 11.3 Å². The zero-order valence-electron chi connectivity index (χ0n) is 10.8. The first kappa shape index (κ1) is 13.0. The van der Waals surface area contributed by atoms with Gasteiger partial charge in [0, 0.05) is 25.2 Å². The molecular formula is C15H14N2O2. The Bertz CT molecular complexity index is 604. The van der Waals surface area contributed by atoms with Crippen molar-refractivity contribution in [2.45, 2.75) is 0 Å². The number of amides is 1. The van der Waals surface area contributed by atoms with Crippen LogP contribution in [0.4, 0.5) is 0 Å². The van der Waals surface area contributed by atoms with Gasteiger partial charge in [0.1, 0.15) is 5.69 Å². The van der Waals surface area contributed by atoms with Gasteiger partial charge < -0.3 is 4.90 Å². The summed E-state index contributed by atoms with van der Waals surface area (Å²) in [5.74, 6) is -0.0406. The SMILES string of the molecule is CN(C)C(=O)c1ccc(-c2cccc(C=O)n2)cc1. The van der Waals surface area contributed by atoms with Crippen LogP contribution in [0.15, 0.2) is 42.5 Å². The largest absolute Gasteiger partial charge is 0.345 e. The van der Waals surface area contributed by atoms with E-state index in [0.717, 1.165) is 5.56 Å². The van der Waals surface area contributed by atoms with Crippen molar-refractivity contribution >= 4 is 12.2 Å². The number of carbonyl (C=O) groups is 2. The Labute approximate surface area is 111 Å². The summed E-state index contributed by atoms with van der Waals surface area (Å²) < 4.78 is 0. The molecule has 1 aromatic carbocycles. The van der Waals surface area contributed by atoms with Gasteiger partial charge in [-0.1, -0.05) is 18.2 Å². The molecule has 0 bridgehead atoms. The second kappa shape index (κ2) is 5.44. The van der Waals surface area contributed by atoms with Crippen LogP contribution in [0.3, 0.4) is 0 Å². The Hall–Kier alpha value is -2.49. The maximum Gasteiger partial charge on any atom is 0.253 e. The molecule has 1 heterocycles. The minimum atomic E-state index is -0.0406. The lowest BCUT2D eigenvalue weighted by molar-refractivity contribution is 0.0827. The molecule has 0 radical (unpaired) electrons. The first-order chi connectivity index (χ1) is 9.11. The molecular weight excluding hydrogens is 240 g/mol. The number of aldehydes is 1. The predicted molar refractivity (Wildman–Crippen MR) is 73.1 cm³/mol. The summed E-state index contributed by atoms with van der Waals surface area (Å²) in [6.45, 7) is 0. The van der Waals surface area contributed by atoms with Crippen LogP contribution in [-0.4, -0.2) is 36.2 Å². The maximum absolute atomic E-state index is 11.8. The van der Waals surface area contributed by atoms with Crippen LogP contribution in [0.2, 0.25) is 0 Å². The van der Waals surface area contributed by atoms with Crippen LogP contribution in [0.5, 0.6) is 0 Å². The van der Waals surface area contributed by atoms with Gasteiger partial charge in [-0.2, -0.15) is 0 Å². The molecule has 2 rings (SSSR count). The van der Waals surface area contributed by atoms with Gasteiger partial charge in [0.05, 0.1) is 5.69 Å². The molecule has 0 N–H and O–H groups in total. The maximum atomic E-state index is 11.8. The molecule has 0 fully saturated rings. The van der Waals surface area contributed by atoms with Gasteiger partial charge in [-0.05, 0) is 24.3 Å². The molecule has 0 aliphatic carbocycles. The normalized spacial score (nSPS) is 10.0. The van der Waals surface area contributed by atoms with Crippen molar-refractivity contribution < 1.29 is 9.59 Å². The van der Waals surface area contributed by atoms with E-state index in [0.29, 0.717) is 23.2 Å². The van der Waals surface area contributed by atoms with Crippen LogP contribution in [0.25, 0.3) is 11.3 Å². The second-order valence-electron chi connectivity index (χ2n) is 4.34. The summed E-state index contributed by atoms with van der Waals surface area (Å²) in [5.41, 5.74) is 2.61. The molecule has 96 valence electrons. The van der Waals surface area contributed by atoms with Crippen molar-refractivity contribution in [3.63, 3.8) is 0 Å². The molecule has 0 spiro atoms. The van der Waals surface area contributed by atoms with Crippen molar-refractivity contribution in [2.24, 2.45) is 0 Å². The summed E-state index contributed by atoms with van der Waals surface area (Å²) in [7, 11) is 3.43. The number of hydrogen-bond acceptors (Lipinski definition) is 3. The van der Waals surface area contributed by atoms with E-state index in [4.69, 9.17) is 0 Å². The summed E-state index contributed by atoms with van der Waals surface area (Å²) in [6.07, 6.45) is 0.716. The molecule has 0 saturated heterocycles. The molecule has 19 heavy (non-hydrogen) atoms. The summed E-state index contributed by atoms with van der Waals surface area (Å²) in [5, 5.41) is 0. The van der Waals surface area contributed by atoms with Gasteiger partial charge in [-0.25, -0.2) is 4.98 Å². The Morgan fingerprint density at radius 1 is 1.11 bits per heavy atom. The molecule has 1 amide bonds. The summed E-state index contributed by atoms with van der Waals surface area (Å²) in [6, 6.07) is 12.4. The minimum absolute atomic E-state index is 0.0406. The minimum Gasteiger partial charge on any atom is -0.345 e. The molecule has 1 aromatic heterocycles. The van der Waals surface area contributed by atoms with E-state index in [2.05, 4.69) is 4.98 Å². The smallest absolute Gasteiger partial charge is 0.253 e. The van der Waals surface area contributed by atoms with E-state index >= 15 is 0 Å². The van der Waals surface area contributed by atoms with E-state index in [1.54, 1.807) is 38.4 Å². The average Bonchev–Trinajstić information content (AvgIpc) is 2.46. The van der Waals surface area contributed by atoms with E-state index < -0.39 is 0 Å². The van der Waals surface area contributed by atoms with Gasteiger partial charge in [0.15, 0.2) is 6.29 Å². The van der Waals surface area contributed by atoms with Crippen molar-refractivity contribution in [2.75, 3.05) is 14.1 Å². The lowest BCUT2D eigenvalue weighted by Gasteiger charge is -2.10. The molecule has 2 aromatic rings. The summed E-state index contributed by atoms with van der Waals surface area (Å²) in [4.78, 5) is 28.2. The van der Waals surface area contributed by atoms with Gasteiger partial charge in [-0.3, -0.25) is 9.59 Å². The zero-order chi connectivity index (χ0) is 13.8. The van der Waals surface area contributed by atoms with Crippen molar-refractivity contribution in [1.29, 1.82) is 0 Å². The fraction of sp³-hybridized carbons (Fsp3) is 0.133. The summed E-state index contributed by atoms with van der Waals surface area (Å²) >= 11 is 0. The Morgan fingerprint density at radius 3 is 2.37 bits per heavy atom. The number of carbonyl (C=O) groups excluding carboxylic acids is 2. The highest BCUT2D eigenvalue weighted by atomic mass is 16.2. The first-order valence-corrected chi connectivity index (χ1v) is 5.86. The lowest BCUT2D eigenvalue weighted by atomic mass is 10.1. The lowest BCUT2D eigenvalue weighted by Crippen LogP contribution is -2.21. The first-order valence-electron chi connectivity index (χ1n) is 5.86. The number of hydrogen-bond donors (Lipinski definition) is 0. The van der Waals surface area contributed by atoms with Gasteiger partial charge in [0.25, 0.3) is 5.91 Å². The Kier molecular flexibility index (Phi) is 3.71. The fourth-order valence-electron chi connectivity index (χ4n) is 1.72. The van der Waals surface area contributed by atoms with E-state index in [9.17, 15) is 9.59 Å². The van der Waals surface area contributed by atoms with Gasteiger partial charge in [-0.15, -0.1) is 0 Å². The van der Waals surface area contributed by atoms with Crippen LogP contribution in [-0.2, 0) is 0 Å². The third-order valence-electron chi connectivity index (χ3n) is 2.73. The average molecular weight is 254 g/mol. The highest BCUT2D eigenvalue weighted by Crippen LogP contribution is 2.18. The number of benzene rings is 1. The molecule has 4 nitrogen and oxygen atoms in total. The molecule has 0 unspecified atom stereocenters. The highest BCUT2D eigenvalue weighted by molar-refractivity contribution is 5.94. The molecule has 4 heteroatoms. The number of nitrogens with zero attached hydrogens (tertiary/aromatic N) is 2. The monoisotopic (exact) mass is 254 g/mol. The Balaban J connectivity index is 2.32. The van der Waals surface area contributed by atoms with Crippen LogP contribution in [0, 0.1) is 0 Å². The van der Waals surface area contributed by atoms with E-state index in [-0.39, 0.29) is 5.91 Å². The van der Waals surface area contributed by atoms with Crippen LogP contribution < -0.4 is 0 Å². The Morgan fingerprint density at radius 2 is 1.79 bits per heavy atom. The van der Waals surface area contributed by atoms with Crippen LogP contribution >= 0.6 is 0 Å². The van der Waals surface area contributed by atoms with E-state index in [1.807, 2.05) is 18.2 Å². The molecule has 0 aliphatic rings. The molecule has 0 saturated carbocycles. The molecule has 0 atom stereocenters. The topological polar surface area (TPSA) is 50.3 Å². The second-order valence-corrected chi connectivity index (χ2v) is 4.34. The van der Waals surface area contributed by atoms with Crippen molar-refractivity contribution in [3.05, 3.63) is 53.7 Å². The molecule has 0 aliphatic heterocycles. The highest BCUT2D eigenvalue weighted by Gasteiger charge is 2.08. The number of pyridine rings is 1. The standard InChI is InChI=1S/C15H14N2O2/c1-17(2)15(19)12-8-6-11(7-9-12)14-5-3-4-13(10-18)16-14/h3-10H,1-2H3. The van der Waals surface area contributed by atoms with Crippen LogP contribution in [0.1, 0.15) is 20.8 Å². The van der Waals surface area contributed by atoms with Crippen molar-refractivity contribution in [1.82, 2.24) is 9.88 Å². The number of aromatic nitrogens is 1.